The van der Waals surface area contributed by atoms with E-state index >= 15 is 0 Å². The number of hydrogen-bond donors (Lipinski definition) is 2. The van der Waals surface area contributed by atoms with Gasteiger partial charge < -0.3 is 20.1 Å². The van der Waals surface area contributed by atoms with E-state index in [1.807, 2.05) is 13.8 Å². The minimum atomic E-state index is -4.63. The van der Waals surface area contributed by atoms with Crippen molar-refractivity contribution in [2.75, 3.05) is 17.2 Å². The van der Waals surface area contributed by atoms with Crippen molar-refractivity contribution in [3.63, 3.8) is 0 Å². The minimum Gasteiger partial charge on any atom is -0.491 e. The van der Waals surface area contributed by atoms with Crippen LogP contribution in [0, 0.1) is 0 Å². The highest BCUT2D eigenvalue weighted by atomic mass is 19.4. The van der Waals surface area contributed by atoms with Gasteiger partial charge in [-0.3, -0.25) is 0 Å². The summed E-state index contributed by atoms with van der Waals surface area (Å²) in [5.41, 5.74) is 0.0470. The quantitative estimate of drug-likeness (QED) is 0.230. The molecule has 0 bridgehead atoms. The van der Waals surface area contributed by atoms with Crippen LogP contribution in [0.25, 0.3) is 0 Å². The van der Waals surface area contributed by atoms with Crippen molar-refractivity contribution in [3.05, 3.63) is 60.3 Å². The van der Waals surface area contributed by atoms with Crippen molar-refractivity contribution in [1.29, 1.82) is 0 Å². The summed E-state index contributed by atoms with van der Waals surface area (Å²) in [5.74, 6) is 0.835. The molecule has 1 heterocycles. The number of nitrogens with zero attached hydrogens (tertiary/aromatic N) is 2. The van der Waals surface area contributed by atoms with Crippen LogP contribution in [0.15, 0.2) is 54.7 Å². The molecule has 6 nitrogen and oxygen atoms in total. The SMILES string of the molecule is CCCCCCOc1ccccc1Nc1nc(Nc2ccc(OC(C)CC)cc2)ncc1C(F)(F)F. The number of ether oxygens (including phenoxy) is 2. The highest BCUT2D eigenvalue weighted by Gasteiger charge is 2.35. The Morgan fingerprint density at radius 2 is 1.69 bits per heavy atom. The maximum atomic E-state index is 13.7. The lowest BCUT2D eigenvalue weighted by Gasteiger charge is -2.17. The van der Waals surface area contributed by atoms with E-state index in [1.165, 1.54) is 0 Å². The summed E-state index contributed by atoms with van der Waals surface area (Å²) >= 11 is 0. The summed E-state index contributed by atoms with van der Waals surface area (Å²) in [4.78, 5) is 8.02. The zero-order valence-electron chi connectivity index (χ0n) is 20.9. The fourth-order valence-electron chi connectivity index (χ4n) is 3.34. The van der Waals surface area contributed by atoms with Crippen LogP contribution in [-0.4, -0.2) is 22.7 Å². The van der Waals surface area contributed by atoms with Crippen LogP contribution in [0.4, 0.5) is 36.3 Å². The Bertz CT molecular complexity index is 1090. The number of unbranched alkanes of at least 4 members (excludes halogenated alkanes) is 3. The van der Waals surface area contributed by atoms with E-state index in [2.05, 4.69) is 27.5 Å². The molecule has 36 heavy (non-hydrogen) atoms. The highest BCUT2D eigenvalue weighted by molar-refractivity contribution is 5.67. The van der Waals surface area contributed by atoms with Crippen LogP contribution in [-0.2, 0) is 6.18 Å². The summed E-state index contributed by atoms with van der Waals surface area (Å²) in [5, 5.41) is 5.76. The van der Waals surface area contributed by atoms with Gasteiger partial charge >= 0.3 is 6.18 Å². The van der Waals surface area contributed by atoms with Gasteiger partial charge in [0.2, 0.25) is 5.95 Å². The Kier molecular flexibility index (Phi) is 9.78. The number of hydrogen-bond acceptors (Lipinski definition) is 6. The molecule has 194 valence electrons. The van der Waals surface area contributed by atoms with Gasteiger partial charge in [-0.2, -0.15) is 18.2 Å². The molecular formula is C27H33F3N4O2. The number of aromatic nitrogens is 2. The van der Waals surface area contributed by atoms with Crippen molar-refractivity contribution < 1.29 is 22.6 Å². The lowest BCUT2D eigenvalue weighted by atomic mass is 10.2. The summed E-state index contributed by atoms with van der Waals surface area (Å²) < 4.78 is 52.8. The van der Waals surface area contributed by atoms with Crippen molar-refractivity contribution in [1.82, 2.24) is 9.97 Å². The van der Waals surface area contributed by atoms with Gasteiger partial charge in [0.1, 0.15) is 22.9 Å². The predicted molar refractivity (Wildman–Crippen MR) is 137 cm³/mol. The first kappa shape index (κ1) is 27.1. The topological polar surface area (TPSA) is 68.3 Å². The van der Waals surface area contributed by atoms with Crippen molar-refractivity contribution in [2.45, 2.75) is 65.2 Å². The Labute approximate surface area is 210 Å². The molecule has 0 aliphatic heterocycles. The third-order valence-corrected chi connectivity index (χ3v) is 5.51. The second kappa shape index (κ2) is 13.0. The third kappa shape index (κ3) is 8.03. The Morgan fingerprint density at radius 1 is 0.944 bits per heavy atom. The van der Waals surface area contributed by atoms with Crippen LogP contribution in [0.1, 0.15) is 58.4 Å². The molecule has 0 aliphatic carbocycles. The average molecular weight is 503 g/mol. The van der Waals surface area contributed by atoms with Crippen molar-refractivity contribution >= 4 is 23.1 Å². The van der Waals surface area contributed by atoms with Gasteiger partial charge in [-0.05, 0) is 56.2 Å². The number of nitrogens with one attached hydrogen (secondary N) is 2. The molecule has 9 heteroatoms. The molecule has 0 saturated carbocycles. The van der Waals surface area contributed by atoms with Crippen LogP contribution in [0.3, 0.4) is 0 Å². The molecule has 0 saturated heterocycles. The molecule has 1 aromatic heterocycles. The zero-order chi connectivity index (χ0) is 26.0. The number of halogens is 3. The van der Waals surface area contributed by atoms with E-state index in [1.54, 1.807) is 48.5 Å². The molecule has 3 rings (SSSR count). The van der Waals surface area contributed by atoms with Gasteiger partial charge in [-0.1, -0.05) is 45.2 Å². The number of alkyl halides is 3. The van der Waals surface area contributed by atoms with E-state index in [-0.39, 0.29) is 17.9 Å². The highest BCUT2D eigenvalue weighted by Crippen LogP contribution is 2.37. The predicted octanol–water partition coefficient (Wildman–Crippen LogP) is 8.12. The lowest BCUT2D eigenvalue weighted by Crippen LogP contribution is -2.13. The molecule has 1 atom stereocenters. The lowest BCUT2D eigenvalue weighted by molar-refractivity contribution is -0.137. The summed E-state index contributed by atoms with van der Waals surface area (Å²) in [7, 11) is 0. The van der Waals surface area contributed by atoms with Gasteiger partial charge in [0.05, 0.1) is 18.4 Å². The molecule has 0 fully saturated rings. The van der Waals surface area contributed by atoms with Crippen LogP contribution >= 0.6 is 0 Å². The van der Waals surface area contributed by atoms with E-state index < -0.39 is 11.7 Å². The first-order valence-corrected chi connectivity index (χ1v) is 12.3. The average Bonchev–Trinajstić information content (AvgIpc) is 2.85. The number of para-hydroxylation sites is 2. The summed E-state index contributed by atoms with van der Waals surface area (Å²) in [6.45, 7) is 6.62. The standard InChI is InChI=1S/C27H33F3N4O2/c1-4-6-7-10-17-35-24-12-9-8-11-23(24)33-25-22(27(28,29)30)18-31-26(34-25)32-20-13-15-21(16-14-20)36-19(3)5-2/h8-9,11-16,18-19H,4-7,10,17H2,1-3H3,(H2,31,32,33,34). The van der Waals surface area contributed by atoms with Crippen LogP contribution in [0.2, 0.25) is 0 Å². The van der Waals surface area contributed by atoms with E-state index in [0.717, 1.165) is 38.3 Å². The third-order valence-electron chi connectivity index (χ3n) is 5.51. The number of anilines is 4. The van der Waals surface area contributed by atoms with E-state index in [0.29, 0.717) is 29.5 Å². The second-order valence-electron chi connectivity index (χ2n) is 8.47. The molecule has 2 aromatic carbocycles. The fraction of sp³-hybridized carbons (Fsp3) is 0.407. The van der Waals surface area contributed by atoms with Crippen molar-refractivity contribution in [3.8, 4) is 11.5 Å². The molecule has 0 radical (unpaired) electrons. The molecule has 1 unspecified atom stereocenters. The normalized spacial score (nSPS) is 12.2. The molecule has 0 amide bonds. The van der Waals surface area contributed by atoms with Gasteiger partial charge in [0.15, 0.2) is 0 Å². The maximum Gasteiger partial charge on any atom is 0.421 e. The molecule has 0 spiro atoms. The fourth-order valence-corrected chi connectivity index (χ4v) is 3.34. The molecular weight excluding hydrogens is 469 g/mol. The molecule has 2 N–H and O–H groups in total. The smallest absolute Gasteiger partial charge is 0.421 e. The Morgan fingerprint density at radius 3 is 2.39 bits per heavy atom. The summed E-state index contributed by atoms with van der Waals surface area (Å²) in [6.07, 6.45) is 1.23. The molecule has 0 aliphatic rings. The molecule has 3 aromatic rings. The van der Waals surface area contributed by atoms with E-state index in [9.17, 15) is 13.2 Å². The van der Waals surface area contributed by atoms with Gasteiger partial charge in [0, 0.05) is 11.9 Å². The zero-order valence-corrected chi connectivity index (χ0v) is 20.9. The maximum absolute atomic E-state index is 13.7. The summed E-state index contributed by atoms with van der Waals surface area (Å²) in [6, 6.07) is 14.0. The van der Waals surface area contributed by atoms with Crippen LogP contribution in [0.5, 0.6) is 11.5 Å². The first-order valence-electron chi connectivity index (χ1n) is 12.3. The largest absolute Gasteiger partial charge is 0.491 e. The van der Waals surface area contributed by atoms with Gasteiger partial charge in [-0.25, -0.2) is 4.98 Å². The van der Waals surface area contributed by atoms with Crippen molar-refractivity contribution in [2.24, 2.45) is 0 Å². The van der Waals surface area contributed by atoms with E-state index in [4.69, 9.17) is 9.47 Å². The minimum absolute atomic E-state index is 0.0269. The first-order chi connectivity index (χ1) is 17.3. The number of rotatable bonds is 13. The number of benzene rings is 2. The van der Waals surface area contributed by atoms with Gasteiger partial charge in [-0.15, -0.1) is 0 Å². The Hall–Kier alpha value is -3.49. The Balaban J connectivity index is 1.79. The van der Waals surface area contributed by atoms with Gasteiger partial charge in [0.25, 0.3) is 0 Å². The second-order valence-corrected chi connectivity index (χ2v) is 8.47. The van der Waals surface area contributed by atoms with Crippen LogP contribution < -0.4 is 20.1 Å². The monoisotopic (exact) mass is 502 g/mol.